The van der Waals surface area contributed by atoms with Crippen LogP contribution in [-0.2, 0) is 62.5 Å². The van der Waals surface area contributed by atoms with Gasteiger partial charge in [0.05, 0.1) is 0 Å². The molecule has 16 heteroatoms. The van der Waals surface area contributed by atoms with Crippen molar-refractivity contribution in [2.45, 2.75) is 368 Å². The summed E-state index contributed by atoms with van der Waals surface area (Å²) in [5.41, 5.74) is 8.56. The van der Waals surface area contributed by atoms with Crippen molar-refractivity contribution in [3.63, 3.8) is 0 Å². The Hall–Kier alpha value is 5.39. The van der Waals surface area contributed by atoms with Gasteiger partial charge in [0.2, 0.25) is 0 Å². The zero-order valence-electron chi connectivity index (χ0n) is 67.3. The molecule has 0 amide bonds. The van der Waals surface area contributed by atoms with Crippen molar-refractivity contribution in [3.8, 4) is 0 Å². The van der Waals surface area contributed by atoms with Crippen LogP contribution in [0.4, 0.5) is 0 Å². The van der Waals surface area contributed by atoms with Gasteiger partial charge in [-0.15, -0.1) is 0 Å². The summed E-state index contributed by atoms with van der Waals surface area (Å²) in [5.74, 6) is 12.9. The Labute approximate surface area is 680 Å². The van der Waals surface area contributed by atoms with Gasteiger partial charge in [0.1, 0.15) is 0 Å². The summed E-state index contributed by atoms with van der Waals surface area (Å²) in [6.45, 7) is 41.5. The summed E-state index contributed by atoms with van der Waals surface area (Å²) >= 11 is 1.59. The average Bonchev–Trinajstić information content (AvgIpc) is 1.66. The van der Waals surface area contributed by atoms with Crippen LogP contribution in [0, 0.1) is 110 Å². The van der Waals surface area contributed by atoms with E-state index in [0.717, 1.165) is 98.0 Å². The van der Waals surface area contributed by atoms with E-state index >= 15 is 0 Å². The summed E-state index contributed by atoms with van der Waals surface area (Å²) < 4.78 is 0. The molecule has 19 unspecified atom stereocenters. The molecule has 10 saturated carbocycles. The molecule has 1 aromatic rings. The van der Waals surface area contributed by atoms with Gasteiger partial charge in [-0.05, 0) is 148 Å². The van der Waals surface area contributed by atoms with Gasteiger partial charge in [-0.25, -0.2) is 0 Å². The van der Waals surface area contributed by atoms with E-state index in [9.17, 15) is 0 Å². The van der Waals surface area contributed by atoms with Crippen molar-refractivity contribution >= 4 is 113 Å². The Bertz CT molecular complexity index is 2200. The third-order valence-corrected chi connectivity index (χ3v) is 94.8. The normalized spacial score (nSPS) is 33.1. The Morgan fingerprint density at radius 2 is 0.680 bits per heavy atom. The van der Waals surface area contributed by atoms with Crippen LogP contribution in [0.1, 0.15) is 257 Å². The monoisotopic (exact) mass is 1860 g/mol. The van der Waals surface area contributed by atoms with Gasteiger partial charge in [-0.3, -0.25) is 0 Å². The van der Waals surface area contributed by atoms with Crippen LogP contribution in [0.15, 0.2) is 30.3 Å². The maximum atomic E-state index is 4.93. The molecule has 0 aromatic heterocycles. The molecule has 1 aromatic carbocycles. The van der Waals surface area contributed by atoms with Crippen LogP contribution in [0.2, 0.25) is 112 Å². The second-order valence-electron chi connectivity index (χ2n) is 36.0. The molecule has 0 saturated heterocycles. The molecule has 0 radical (unpaired) electrons. The van der Waals surface area contributed by atoms with Gasteiger partial charge in [-0.1, -0.05) is 332 Å². The van der Waals surface area contributed by atoms with E-state index in [0.29, 0.717) is 0 Å². The molecule has 0 aliphatic heterocycles. The van der Waals surface area contributed by atoms with Crippen LogP contribution in [0.25, 0.3) is 0 Å². The molecule has 566 valence electrons. The topological polar surface area (TPSA) is 0 Å². The second kappa shape index (κ2) is 49.0. The van der Waals surface area contributed by atoms with E-state index in [1.54, 1.807) is 134 Å². The molecule has 10 aliphatic rings. The molecular formula is C81H157BrCl6Si6Zr3. The predicted molar refractivity (Wildman–Crippen MR) is 460 cm³/mol. The van der Waals surface area contributed by atoms with E-state index in [1.807, 2.05) is 0 Å². The minimum absolute atomic E-state index is 0. The Morgan fingerprint density at radius 1 is 0.340 bits per heavy atom. The number of benzene rings is 1. The van der Waals surface area contributed by atoms with Crippen LogP contribution in [0.3, 0.4) is 0 Å². The SMILES string of the molecule is CCCCC1CCC([Si](C)(C)[Si](C)(C)C2CCC3C(Br)CCCC32)C1.CCCCC1CCC([Si](C)(C)[Si](C)(C)C2CCC3C(c4ccccc4)CCCC32)C1.CCCCC1CCC([Si](C)(C)[Si](C)(C)C2CCC3CC4CCCC4CC32)C1.[CH3-].[CH3-].[CH3-].[CH3-].[CH3-].[CH3-].[Cl][Zr+2][Cl].[Cl][Zr+2][Cl].[Cl][Zr+2][Cl]. The summed E-state index contributed by atoms with van der Waals surface area (Å²) in [6, 6.07) is 11.6. The fourth-order valence-electron chi connectivity index (χ4n) is 24.1. The molecule has 0 heterocycles. The van der Waals surface area contributed by atoms with Gasteiger partial charge in [0.15, 0.2) is 0 Å². The van der Waals surface area contributed by atoms with Gasteiger partial charge in [0, 0.05) is 50.4 Å². The molecule has 10 fully saturated rings. The number of hydrogen-bond acceptors (Lipinski definition) is 0. The molecule has 19 atom stereocenters. The first kappa shape index (κ1) is 102. The van der Waals surface area contributed by atoms with E-state index in [4.69, 9.17) is 51.1 Å². The summed E-state index contributed by atoms with van der Waals surface area (Å²) in [5, 5.41) is 0. The number of unbranched alkanes of at least 4 members (excludes halogenated alkanes) is 3. The first-order valence-corrected chi connectivity index (χ1v) is 80.2. The predicted octanol–water partition coefficient (Wildman–Crippen LogP) is 32.7. The van der Waals surface area contributed by atoms with Crippen molar-refractivity contribution in [2.24, 2.45) is 65.1 Å². The van der Waals surface area contributed by atoms with Crippen molar-refractivity contribution in [1.82, 2.24) is 0 Å². The van der Waals surface area contributed by atoms with Gasteiger partial charge in [0.25, 0.3) is 0 Å². The minimum atomic E-state index is -1.22. The van der Waals surface area contributed by atoms with Crippen molar-refractivity contribution in [3.05, 3.63) is 80.5 Å². The van der Waals surface area contributed by atoms with Crippen molar-refractivity contribution in [1.29, 1.82) is 0 Å². The first-order valence-electron chi connectivity index (χ1n) is 38.8. The quantitative estimate of drug-likeness (QED) is 0.0736. The van der Waals surface area contributed by atoms with Crippen LogP contribution < -0.4 is 0 Å². The van der Waals surface area contributed by atoms with Gasteiger partial charge >= 0.3 is 114 Å². The van der Waals surface area contributed by atoms with Crippen LogP contribution in [-0.4, -0.2) is 50.4 Å². The zero-order chi connectivity index (χ0) is 67.0. The molecule has 10 aliphatic carbocycles. The number of halogens is 7. The fourth-order valence-corrected chi connectivity index (χ4v) is 67.3. The Balaban J connectivity index is 0.00000131. The van der Waals surface area contributed by atoms with E-state index in [2.05, 4.69) is 146 Å². The molecule has 0 bridgehead atoms. The molecule has 97 heavy (non-hydrogen) atoms. The number of fused-ring (bicyclic) bond motifs is 4. The average molecular weight is 1870 g/mol. The maximum absolute atomic E-state index is 4.93. The summed E-state index contributed by atoms with van der Waals surface area (Å²) in [6.07, 6.45) is 53.9. The third-order valence-electron chi connectivity index (χ3n) is 31.3. The molecule has 0 nitrogen and oxygen atoms in total. The van der Waals surface area contributed by atoms with Crippen molar-refractivity contribution < 1.29 is 62.5 Å². The van der Waals surface area contributed by atoms with Crippen molar-refractivity contribution in [2.75, 3.05) is 0 Å². The van der Waals surface area contributed by atoms with E-state index in [1.165, 1.54) is 107 Å². The fraction of sp³-hybridized carbons (Fsp3) is 0.852. The molecule has 11 rings (SSSR count). The molecule has 0 N–H and O–H groups in total. The molecular weight excluding hydrogens is 1710 g/mol. The van der Waals surface area contributed by atoms with Crippen LogP contribution in [0.5, 0.6) is 0 Å². The Kier molecular flexibility index (Phi) is 51.7. The summed E-state index contributed by atoms with van der Waals surface area (Å²) in [4.78, 5) is 0.843. The van der Waals surface area contributed by atoms with Gasteiger partial charge < -0.3 is 44.6 Å². The summed E-state index contributed by atoms with van der Waals surface area (Å²) in [7, 11) is 22.7. The number of alkyl halides is 1. The Morgan fingerprint density at radius 3 is 1.08 bits per heavy atom. The second-order valence-corrected chi connectivity index (χ2v) is 96.9. The molecule has 0 spiro atoms. The zero-order valence-corrected chi connectivity index (χ0v) is 86.7. The van der Waals surface area contributed by atoms with Crippen LogP contribution >= 0.6 is 67.0 Å². The van der Waals surface area contributed by atoms with E-state index < -0.39 is 108 Å². The van der Waals surface area contributed by atoms with E-state index in [-0.39, 0.29) is 44.6 Å². The number of rotatable bonds is 19. The third kappa shape index (κ3) is 26.0. The first-order chi connectivity index (χ1) is 43.2. The standard InChI is InChI=1S/C28H48Si2.C25H48Si2.C22H43BrSi2.6CH3.6ClH.3Zr/c1-6-7-12-22-17-18-24(21-22)29(2,3)30(4,5)28-20-19-26-25(15-11-16-27(26)28)23-13-9-8-10-14-23;1-6-7-9-19-12-14-23(16-19)26(2,3)27(4,5)25-15-13-22-17-20-10-8-11-21(20)18-24(22)25;1-6-7-9-17-12-13-18(16-17)24(2,3)25(4,5)22-15-14-19-20(22)10-8-11-21(19)23;;;;;;;;;;;;;;;/h8-10,13-14,22,24-28H,6-7,11-12,15-21H2,1-5H3;19-25H,6-18H2,1-5H3;17-22H,6-16H2,1-5H3;6*1H3;6*1H;;;/q;;;6*-1;;;;;;;3*+4/p-6. The number of hydrogen-bond donors (Lipinski definition) is 0. The van der Waals surface area contributed by atoms with Gasteiger partial charge in [-0.2, -0.15) is 0 Å².